The molecule has 11 heteroatoms. The lowest BCUT2D eigenvalue weighted by molar-refractivity contribution is -0.0980. The summed E-state index contributed by atoms with van der Waals surface area (Å²) in [6.45, 7) is -0.115. The van der Waals surface area contributed by atoms with Gasteiger partial charge in [-0.15, -0.1) is 0 Å². The van der Waals surface area contributed by atoms with E-state index in [9.17, 15) is 14.7 Å². The molecule has 44 heavy (non-hydrogen) atoms. The maximum absolute atomic E-state index is 12.7. The van der Waals surface area contributed by atoms with Crippen molar-refractivity contribution in [2.24, 2.45) is 0 Å². The van der Waals surface area contributed by atoms with E-state index < -0.39 is 41.4 Å². The van der Waals surface area contributed by atoms with Crippen LogP contribution in [0.2, 0.25) is 0 Å². The molecule has 0 bridgehead atoms. The van der Waals surface area contributed by atoms with Gasteiger partial charge in [0.1, 0.15) is 35.4 Å². The highest BCUT2D eigenvalue weighted by Gasteiger charge is 2.48. The number of aliphatic hydroxyl groups excluding tert-OH is 1. The molecule has 11 nitrogen and oxygen atoms in total. The largest absolute Gasteiger partial charge is 0.497 e. The number of H-pyrrole nitrogens is 1. The van der Waals surface area contributed by atoms with Crippen molar-refractivity contribution in [3.8, 4) is 17.6 Å². The smallest absolute Gasteiger partial charge is 0.330 e. The first-order valence-electron chi connectivity index (χ1n) is 14.0. The van der Waals surface area contributed by atoms with Gasteiger partial charge in [0.15, 0.2) is 6.23 Å². The van der Waals surface area contributed by atoms with Crippen molar-refractivity contribution in [3.05, 3.63) is 129 Å². The molecule has 5 rings (SSSR count). The highest BCUT2D eigenvalue weighted by Crippen LogP contribution is 2.43. The maximum Gasteiger partial charge on any atom is 0.330 e. The number of nitriles is 1. The number of aromatic nitrogens is 2. The average molecular weight is 600 g/mol. The standard InChI is InChI=1S/C33H33N3O8/c1-40-25-13-9-23(10-14-25)33(22-7-4-3-5-8-22,24-11-15-26(41-2)16-12-24)43-21-27-29(38)30(42-20-6-18-34)31(44-27)36-19-17-28(37)35-32(36)39/h3-5,7-17,19,27,29-31,38H,6,20-21H2,1-2H3,(H,35,37,39). The van der Waals surface area contributed by atoms with Crippen molar-refractivity contribution in [2.45, 2.75) is 36.6 Å². The number of nitrogens with one attached hydrogen (secondary N) is 1. The summed E-state index contributed by atoms with van der Waals surface area (Å²) < 4.78 is 30.9. The van der Waals surface area contributed by atoms with Crippen LogP contribution in [0.15, 0.2) is 101 Å². The van der Waals surface area contributed by atoms with Crippen LogP contribution < -0.4 is 20.7 Å². The van der Waals surface area contributed by atoms with E-state index in [-0.39, 0.29) is 19.6 Å². The summed E-state index contributed by atoms with van der Waals surface area (Å²) in [4.78, 5) is 26.6. The number of hydrogen-bond acceptors (Lipinski definition) is 9. The van der Waals surface area contributed by atoms with Gasteiger partial charge in [-0.2, -0.15) is 5.26 Å². The lowest BCUT2D eigenvalue weighted by Crippen LogP contribution is -2.41. The van der Waals surface area contributed by atoms with Gasteiger partial charge in [-0.25, -0.2) is 4.79 Å². The SMILES string of the molecule is COc1ccc(C(OCC2OC(n3ccc(=O)[nH]c3=O)C(OCCC#N)C2O)(c2ccccc2)c2ccc(OC)cc2)cc1. The van der Waals surface area contributed by atoms with Gasteiger partial charge < -0.3 is 28.8 Å². The molecule has 4 atom stereocenters. The van der Waals surface area contributed by atoms with E-state index in [0.717, 1.165) is 21.3 Å². The van der Waals surface area contributed by atoms with Gasteiger partial charge in [0, 0.05) is 12.3 Å². The van der Waals surface area contributed by atoms with Gasteiger partial charge in [-0.3, -0.25) is 14.3 Å². The third-order valence-electron chi connectivity index (χ3n) is 7.60. The number of benzene rings is 3. The first kappa shape index (κ1) is 30.7. The summed E-state index contributed by atoms with van der Waals surface area (Å²) in [5, 5.41) is 20.5. The molecule has 0 aliphatic carbocycles. The van der Waals surface area contributed by atoms with Crippen LogP contribution in [0.1, 0.15) is 29.3 Å². The van der Waals surface area contributed by atoms with Crippen molar-refractivity contribution in [2.75, 3.05) is 27.4 Å². The molecule has 228 valence electrons. The maximum atomic E-state index is 12.7. The van der Waals surface area contributed by atoms with E-state index in [4.69, 9.17) is 28.9 Å². The number of nitrogens with zero attached hydrogens (tertiary/aromatic N) is 2. The molecule has 1 aromatic heterocycles. The summed E-state index contributed by atoms with van der Waals surface area (Å²) in [7, 11) is 3.19. The normalized spacial score (nSPS) is 19.8. The Labute approximate surface area is 253 Å². The number of hydrogen-bond donors (Lipinski definition) is 2. The van der Waals surface area contributed by atoms with Crippen LogP contribution in [-0.2, 0) is 19.8 Å². The number of aromatic amines is 1. The van der Waals surface area contributed by atoms with Gasteiger partial charge in [-0.05, 0) is 41.0 Å². The molecule has 2 N–H and O–H groups in total. The van der Waals surface area contributed by atoms with Crippen LogP contribution in [-0.4, -0.2) is 60.4 Å². The Balaban J connectivity index is 1.56. The summed E-state index contributed by atoms with van der Waals surface area (Å²) in [5.74, 6) is 1.35. The Bertz CT molecular complexity index is 1630. The fourth-order valence-corrected chi connectivity index (χ4v) is 5.41. The molecule has 3 aromatic carbocycles. The second-order valence-corrected chi connectivity index (χ2v) is 10.1. The molecule has 4 aromatic rings. The highest BCUT2D eigenvalue weighted by molar-refractivity contribution is 5.49. The van der Waals surface area contributed by atoms with Gasteiger partial charge in [0.2, 0.25) is 0 Å². The summed E-state index contributed by atoms with van der Waals surface area (Å²) >= 11 is 0. The molecule has 0 saturated carbocycles. The first-order chi connectivity index (χ1) is 21.4. The predicted molar refractivity (Wildman–Crippen MR) is 159 cm³/mol. The topological polar surface area (TPSA) is 145 Å². The highest BCUT2D eigenvalue weighted by atomic mass is 16.6. The van der Waals surface area contributed by atoms with Gasteiger partial charge in [-0.1, -0.05) is 54.6 Å². The molecule has 0 spiro atoms. The summed E-state index contributed by atoms with van der Waals surface area (Å²) in [6, 6.07) is 27.9. The van der Waals surface area contributed by atoms with Crippen LogP contribution in [0.3, 0.4) is 0 Å². The quantitative estimate of drug-likeness (QED) is 0.185. The molecule has 4 unspecified atom stereocenters. The van der Waals surface area contributed by atoms with E-state index in [0.29, 0.717) is 11.5 Å². The fraction of sp³-hybridized carbons (Fsp3) is 0.303. The van der Waals surface area contributed by atoms with E-state index in [1.807, 2.05) is 84.9 Å². The van der Waals surface area contributed by atoms with Crippen molar-refractivity contribution in [1.29, 1.82) is 5.26 Å². The second kappa shape index (κ2) is 13.7. The molecule has 1 aliphatic heterocycles. The molecule has 1 saturated heterocycles. The lowest BCUT2D eigenvalue weighted by atomic mass is 9.80. The third-order valence-corrected chi connectivity index (χ3v) is 7.60. The molecule has 1 aliphatic rings. The average Bonchev–Trinajstić information content (AvgIpc) is 3.36. The minimum Gasteiger partial charge on any atom is -0.497 e. The second-order valence-electron chi connectivity index (χ2n) is 10.1. The monoisotopic (exact) mass is 599 g/mol. The minimum atomic E-state index is -1.24. The number of methoxy groups -OCH3 is 2. The van der Waals surface area contributed by atoms with E-state index in [1.165, 1.54) is 12.3 Å². The van der Waals surface area contributed by atoms with Crippen LogP contribution in [0.4, 0.5) is 0 Å². The molecular weight excluding hydrogens is 566 g/mol. The molecule has 0 amide bonds. The van der Waals surface area contributed by atoms with E-state index in [2.05, 4.69) is 4.98 Å². The Morgan fingerprint density at radius 2 is 1.50 bits per heavy atom. The van der Waals surface area contributed by atoms with Crippen LogP contribution in [0.5, 0.6) is 11.5 Å². The Kier molecular flexibility index (Phi) is 9.57. The lowest BCUT2D eigenvalue weighted by Gasteiger charge is -2.37. The molecule has 2 heterocycles. The Morgan fingerprint density at radius 3 is 2.05 bits per heavy atom. The van der Waals surface area contributed by atoms with Crippen molar-refractivity contribution in [3.63, 3.8) is 0 Å². The summed E-state index contributed by atoms with van der Waals surface area (Å²) in [6.07, 6.45) is -2.94. The Hall–Kier alpha value is -4.73. The number of ether oxygens (including phenoxy) is 5. The minimum absolute atomic E-state index is 0.00934. The zero-order valence-corrected chi connectivity index (χ0v) is 24.3. The van der Waals surface area contributed by atoms with E-state index in [1.54, 1.807) is 14.2 Å². The molecule has 1 fully saturated rings. The number of aliphatic hydroxyl groups is 1. The first-order valence-corrected chi connectivity index (χ1v) is 14.0. The van der Waals surface area contributed by atoms with Crippen LogP contribution in [0, 0.1) is 11.3 Å². The summed E-state index contributed by atoms with van der Waals surface area (Å²) in [5.41, 5.74) is -0.0706. The Morgan fingerprint density at radius 1 is 0.909 bits per heavy atom. The zero-order chi connectivity index (χ0) is 31.1. The van der Waals surface area contributed by atoms with Gasteiger partial charge >= 0.3 is 5.69 Å². The zero-order valence-electron chi connectivity index (χ0n) is 24.3. The predicted octanol–water partition coefficient (Wildman–Crippen LogP) is 3.12. The van der Waals surface area contributed by atoms with Crippen molar-refractivity contribution >= 4 is 0 Å². The van der Waals surface area contributed by atoms with Crippen LogP contribution >= 0.6 is 0 Å². The van der Waals surface area contributed by atoms with Crippen LogP contribution in [0.25, 0.3) is 0 Å². The number of rotatable bonds is 12. The van der Waals surface area contributed by atoms with Gasteiger partial charge in [0.05, 0.1) is 39.9 Å². The van der Waals surface area contributed by atoms with Gasteiger partial charge in [0.25, 0.3) is 5.56 Å². The fourth-order valence-electron chi connectivity index (χ4n) is 5.41. The molecule has 0 radical (unpaired) electrons. The van der Waals surface area contributed by atoms with Crippen molar-refractivity contribution in [1.82, 2.24) is 9.55 Å². The van der Waals surface area contributed by atoms with E-state index >= 15 is 0 Å². The van der Waals surface area contributed by atoms with Crippen molar-refractivity contribution < 1.29 is 28.8 Å². The third kappa shape index (κ3) is 6.15. The molecular formula is C33H33N3O8.